The molecule has 4 aromatic rings. The van der Waals surface area contributed by atoms with Crippen LogP contribution < -0.4 is 5.43 Å². The maximum absolute atomic E-state index is 13.1. The van der Waals surface area contributed by atoms with E-state index in [1.54, 1.807) is 17.8 Å². The predicted octanol–water partition coefficient (Wildman–Crippen LogP) is 4.17. The lowest BCUT2D eigenvalue weighted by Crippen LogP contribution is -2.44. The molecule has 0 N–H and O–H groups in total. The highest BCUT2D eigenvalue weighted by atomic mass is 32.1. The highest BCUT2D eigenvalue weighted by Crippen LogP contribution is 2.32. The molecule has 0 saturated carbocycles. The predicted molar refractivity (Wildman–Crippen MR) is 149 cm³/mol. The van der Waals surface area contributed by atoms with E-state index >= 15 is 0 Å². The van der Waals surface area contributed by atoms with E-state index in [1.165, 1.54) is 11.3 Å². The molecule has 1 aliphatic heterocycles. The minimum Gasteiger partial charge on any atom is -0.361 e. The molecule has 1 saturated heterocycles. The number of nitrogens with zero attached hydrogens (tertiary/aromatic N) is 6. The zero-order valence-electron chi connectivity index (χ0n) is 21.9. The number of pyridine rings is 2. The number of aromatic nitrogens is 5. The summed E-state index contributed by atoms with van der Waals surface area (Å²) in [6, 6.07) is 4.78. The molecule has 1 fully saturated rings. The van der Waals surface area contributed by atoms with Gasteiger partial charge in [0.15, 0.2) is 5.43 Å². The summed E-state index contributed by atoms with van der Waals surface area (Å²) in [5, 5.41) is 10.1. The summed E-state index contributed by atoms with van der Waals surface area (Å²) in [5.41, 5.74) is 3.27. The molecule has 5 rings (SSSR count). The van der Waals surface area contributed by atoms with Crippen molar-refractivity contribution in [3.8, 4) is 0 Å². The van der Waals surface area contributed by atoms with Gasteiger partial charge in [-0.15, -0.1) is 21.5 Å². The zero-order valence-corrected chi connectivity index (χ0v) is 23.7. The van der Waals surface area contributed by atoms with E-state index in [4.69, 9.17) is 4.74 Å². The van der Waals surface area contributed by atoms with Gasteiger partial charge in [0, 0.05) is 57.8 Å². The summed E-state index contributed by atoms with van der Waals surface area (Å²) < 4.78 is 10.2. The second-order valence-electron chi connectivity index (χ2n) is 11.2. The number of likely N-dealkylation sites (tertiary alicyclic amines) is 1. The van der Waals surface area contributed by atoms with Gasteiger partial charge in [-0.25, -0.2) is 4.98 Å². The van der Waals surface area contributed by atoms with Crippen molar-refractivity contribution in [2.45, 2.75) is 58.2 Å². The lowest BCUT2D eigenvalue weighted by atomic mass is 9.92. The highest BCUT2D eigenvalue weighted by molar-refractivity contribution is 7.09. The minimum atomic E-state index is -1.16. The van der Waals surface area contributed by atoms with Gasteiger partial charge in [0.1, 0.15) is 22.9 Å². The highest BCUT2D eigenvalue weighted by Gasteiger charge is 2.31. The molecule has 11 heteroatoms. The maximum Gasteiger partial charge on any atom is 0.229 e. The summed E-state index contributed by atoms with van der Waals surface area (Å²) in [6.45, 7) is 11.7. The number of rotatable bonds is 8. The second kappa shape index (κ2) is 10.5. The Balaban J connectivity index is 1.46. The van der Waals surface area contributed by atoms with E-state index in [0.717, 1.165) is 47.2 Å². The number of carbonyl (C=O) groups excluding carboxylic acids is 1. The van der Waals surface area contributed by atoms with E-state index in [2.05, 4.69) is 46.3 Å². The molecule has 5 heterocycles. The van der Waals surface area contributed by atoms with Gasteiger partial charge in [0.05, 0.1) is 23.4 Å². The fourth-order valence-electron chi connectivity index (χ4n) is 4.97. The normalized spacial score (nSPS) is 18.6. The molecule has 0 unspecified atom stereocenters. The largest absolute Gasteiger partial charge is 0.361 e. The first-order valence-corrected chi connectivity index (χ1v) is 17.4. The third kappa shape index (κ3) is 5.53. The molecule has 1 aliphatic rings. The average molecular weight is 539 g/mol. The Labute approximate surface area is 221 Å². The van der Waals surface area contributed by atoms with Crippen molar-refractivity contribution < 1.29 is 9.53 Å². The first-order valence-electron chi connectivity index (χ1n) is 12.8. The van der Waals surface area contributed by atoms with Crippen molar-refractivity contribution in [2.24, 2.45) is 5.92 Å². The van der Waals surface area contributed by atoms with Crippen LogP contribution in [0.4, 0.5) is 0 Å². The van der Waals surface area contributed by atoms with Crippen molar-refractivity contribution in [2.75, 3.05) is 19.7 Å². The Morgan fingerprint density at radius 2 is 2.05 bits per heavy atom. The molecule has 0 radical (unpaired) electrons. The van der Waals surface area contributed by atoms with Crippen molar-refractivity contribution in [1.29, 1.82) is 0 Å². The maximum atomic E-state index is 13.1. The molecule has 0 bridgehead atoms. The van der Waals surface area contributed by atoms with Crippen LogP contribution in [0.1, 0.15) is 24.4 Å². The number of piperidine rings is 1. The Hall–Kier alpha value is -2.89. The molecular formula is C26H34N6O3SSi. The smallest absolute Gasteiger partial charge is 0.229 e. The number of ether oxygens (including phenoxy) is 1. The summed E-state index contributed by atoms with van der Waals surface area (Å²) >= 11 is 1.40. The molecule has 37 heavy (non-hydrogen) atoms. The first kappa shape index (κ1) is 25.7. The topological polar surface area (TPSA) is 95.1 Å². The number of hydrogen-bond acceptors (Lipinski definition) is 7. The molecule has 9 nitrogen and oxygen atoms in total. The van der Waals surface area contributed by atoms with E-state index in [0.29, 0.717) is 24.6 Å². The quantitative estimate of drug-likeness (QED) is 0.247. The molecule has 0 spiro atoms. The van der Waals surface area contributed by atoms with Crippen molar-refractivity contribution in [3.63, 3.8) is 0 Å². The van der Waals surface area contributed by atoms with E-state index in [9.17, 15) is 9.59 Å². The number of hydrogen-bond donors (Lipinski definition) is 0. The van der Waals surface area contributed by atoms with E-state index < -0.39 is 8.07 Å². The first-order chi connectivity index (χ1) is 17.7. The van der Waals surface area contributed by atoms with Crippen LogP contribution in [0.5, 0.6) is 0 Å². The average Bonchev–Trinajstić information content (AvgIpc) is 3.52. The van der Waals surface area contributed by atoms with Crippen LogP contribution in [0.15, 0.2) is 41.0 Å². The van der Waals surface area contributed by atoms with E-state index in [1.807, 2.05) is 27.9 Å². The van der Waals surface area contributed by atoms with Gasteiger partial charge in [-0.3, -0.25) is 9.59 Å². The van der Waals surface area contributed by atoms with Crippen LogP contribution in [0.2, 0.25) is 25.7 Å². The third-order valence-corrected chi connectivity index (χ3v) is 9.64. The zero-order chi connectivity index (χ0) is 26.2. The van der Waals surface area contributed by atoms with Gasteiger partial charge >= 0.3 is 0 Å². The van der Waals surface area contributed by atoms with Crippen LogP contribution in [0, 0.1) is 5.92 Å². The SMILES string of the molecule is C[C@@H]1CCN(C(=O)Cc2nncs2)C[C@@H]1n1ccc(=O)c2cnc3c(ccn3COCC[Si](C)(C)C)c21. The molecule has 4 aromatic heterocycles. The minimum absolute atomic E-state index is 0.0390. The summed E-state index contributed by atoms with van der Waals surface area (Å²) in [5.74, 6) is 0.402. The summed E-state index contributed by atoms with van der Waals surface area (Å²) in [7, 11) is -1.16. The summed E-state index contributed by atoms with van der Waals surface area (Å²) in [4.78, 5) is 32.5. The standard InChI is InChI=1S/C26H34N6O3SSi/c1-18-5-8-30(24(34)13-23-29-28-16-36-23)15-21(18)32-10-7-22(33)20-14-27-26-19(25(20)32)6-9-31(26)17-35-11-12-37(2,3)4/h6-7,9-10,14,16,18,21H,5,8,11-13,15,17H2,1-4H3/t18-,21+/m1/s1. The lowest BCUT2D eigenvalue weighted by Gasteiger charge is -2.39. The molecule has 0 aliphatic carbocycles. The van der Waals surface area contributed by atoms with Crippen molar-refractivity contribution in [3.05, 3.63) is 51.5 Å². The Kier molecular flexibility index (Phi) is 7.28. The molecule has 1 amide bonds. The third-order valence-electron chi connectivity index (χ3n) is 7.23. The lowest BCUT2D eigenvalue weighted by molar-refractivity contribution is -0.132. The Morgan fingerprint density at radius 3 is 2.81 bits per heavy atom. The Morgan fingerprint density at radius 1 is 1.22 bits per heavy atom. The van der Waals surface area contributed by atoms with Crippen LogP contribution >= 0.6 is 11.3 Å². The van der Waals surface area contributed by atoms with Crippen LogP contribution in [-0.4, -0.2) is 62.9 Å². The van der Waals surface area contributed by atoms with Gasteiger partial charge in [-0.2, -0.15) is 0 Å². The fourth-order valence-corrected chi connectivity index (χ4v) is 6.24. The monoisotopic (exact) mass is 538 g/mol. The molecule has 196 valence electrons. The van der Waals surface area contributed by atoms with Gasteiger partial charge in [0.2, 0.25) is 5.91 Å². The van der Waals surface area contributed by atoms with Crippen LogP contribution in [0.25, 0.3) is 21.9 Å². The van der Waals surface area contributed by atoms with Crippen LogP contribution in [-0.2, 0) is 22.7 Å². The number of fused-ring (bicyclic) bond motifs is 3. The number of carbonyl (C=O) groups is 1. The molecular weight excluding hydrogens is 504 g/mol. The molecule has 0 aromatic carbocycles. The Bertz CT molecular complexity index is 1460. The van der Waals surface area contributed by atoms with Gasteiger partial charge in [0.25, 0.3) is 0 Å². The van der Waals surface area contributed by atoms with Gasteiger partial charge < -0.3 is 18.8 Å². The van der Waals surface area contributed by atoms with Crippen molar-refractivity contribution in [1.82, 2.24) is 29.2 Å². The fraction of sp³-hybridized carbons (Fsp3) is 0.500. The summed E-state index contributed by atoms with van der Waals surface area (Å²) in [6.07, 6.45) is 6.70. The number of amides is 1. The van der Waals surface area contributed by atoms with Gasteiger partial charge in [-0.05, 0) is 24.4 Å². The van der Waals surface area contributed by atoms with E-state index in [-0.39, 0.29) is 23.8 Å². The molecule has 2 atom stereocenters. The second-order valence-corrected chi connectivity index (χ2v) is 17.7. The van der Waals surface area contributed by atoms with Crippen molar-refractivity contribution >= 4 is 47.3 Å². The van der Waals surface area contributed by atoms with Gasteiger partial charge in [-0.1, -0.05) is 26.6 Å². The van der Waals surface area contributed by atoms with Crippen LogP contribution in [0.3, 0.4) is 0 Å².